The summed E-state index contributed by atoms with van der Waals surface area (Å²) in [4.78, 5) is 0. The van der Waals surface area contributed by atoms with Crippen molar-refractivity contribution in [3.05, 3.63) is 71.8 Å². The third kappa shape index (κ3) is 15.2. The third-order valence-electron chi connectivity index (χ3n) is 2.37. The summed E-state index contributed by atoms with van der Waals surface area (Å²) in [6.07, 6.45) is 1.86. The van der Waals surface area contributed by atoms with Gasteiger partial charge in [-0.2, -0.15) is 71.8 Å². The molecule has 0 radical (unpaired) electrons. The van der Waals surface area contributed by atoms with Crippen LogP contribution in [0.25, 0.3) is 0 Å². The number of halogens is 2. The number of hydrogen-bond acceptors (Lipinski definition) is 2. The van der Waals surface area contributed by atoms with Crippen LogP contribution >= 0.6 is 19.1 Å². The Bertz CT molecular complexity index is 376. The molecule has 0 aliphatic heterocycles. The summed E-state index contributed by atoms with van der Waals surface area (Å²) < 4.78 is 0. The second-order valence-electron chi connectivity index (χ2n) is 3.85. The molecule has 128 valence electrons. The molecule has 0 saturated carbocycles. The Morgan fingerprint density at radius 3 is 1.32 bits per heavy atom. The molecule has 0 unspecified atom stereocenters. The minimum absolute atomic E-state index is 0.709. The molecule has 0 fully saturated rings. The number of hydrogen-bond donors (Lipinski definition) is 2. The molecule has 0 saturated heterocycles. The van der Waals surface area contributed by atoms with Gasteiger partial charge in [-0.05, 0) is 25.9 Å². The topological polar surface area (TPSA) is 52.0 Å². The van der Waals surface area contributed by atoms with E-state index in [1.54, 1.807) is 0 Å². The maximum absolute atomic E-state index is 5.34. The molecule has 6 heteroatoms. The molecular formula is C16H20Cl2N2Pd2. The normalized spacial score (nSPS) is 8.36. The van der Waals surface area contributed by atoms with Crippen molar-refractivity contribution in [3.63, 3.8) is 0 Å². The quantitative estimate of drug-likeness (QED) is 0.477. The van der Waals surface area contributed by atoms with Crippen LogP contribution in [0, 0.1) is 12.1 Å². The van der Waals surface area contributed by atoms with Gasteiger partial charge in [-0.25, -0.2) is 0 Å². The van der Waals surface area contributed by atoms with Crippen molar-refractivity contribution in [2.75, 3.05) is 13.1 Å². The first-order chi connectivity index (χ1) is 10.9. The van der Waals surface area contributed by atoms with Gasteiger partial charge in [0.2, 0.25) is 0 Å². The van der Waals surface area contributed by atoms with Gasteiger partial charge in [-0.15, -0.1) is 0 Å². The van der Waals surface area contributed by atoms with E-state index in [2.05, 4.69) is 67.6 Å². The SMILES string of the molecule is NCCc1[c-]cccc1.NCCc1[c-]cccc1.[Cl][Pd+].[Cl][Pd+]. The molecule has 0 amide bonds. The molecule has 0 aliphatic rings. The van der Waals surface area contributed by atoms with Crippen LogP contribution in [0.15, 0.2) is 48.5 Å². The molecule has 0 aliphatic carbocycles. The molecule has 0 aromatic heterocycles. The zero-order valence-electron chi connectivity index (χ0n) is 12.0. The van der Waals surface area contributed by atoms with E-state index in [0.29, 0.717) is 13.1 Å². The summed E-state index contributed by atoms with van der Waals surface area (Å²) in [7, 11) is 8.98. The van der Waals surface area contributed by atoms with Crippen molar-refractivity contribution in [1.82, 2.24) is 0 Å². The molecule has 2 aromatic rings. The van der Waals surface area contributed by atoms with Crippen molar-refractivity contribution in [2.24, 2.45) is 11.5 Å². The third-order valence-corrected chi connectivity index (χ3v) is 2.37. The van der Waals surface area contributed by atoms with Gasteiger partial charge >= 0.3 is 55.4 Å². The van der Waals surface area contributed by atoms with Crippen LogP contribution in [0.2, 0.25) is 0 Å². The Balaban J connectivity index is 0. The van der Waals surface area contributed by atoms with E-state index in [9.17, 15) is 0 Å². The van der Waals surface area contributed by atoms with Gasteiger partial charge in [0.15, 0.2) is 0 Å². The van der Waals surface area contributed by atoms with Gasteiger partial charge < -0.3 is 11.5 Å². The summed E-state index contributed by atoms with van der Waals surface area (Å²) in [5.41, 5.74) is 13.1. The fourth-order valence-corrected chi connectivity index (χ4v) is 1.48. The first-order valence-electron chi connectivity index (χ1n) is 6.42. The van der Waals surface area contributed by atoms with Crippen molar-refractivity contribution < 1.29 is 36.4 Å². The Hall–Kier alpha value is 0.265. The predicted molar refractivity (Wildman–Crippen MR) is 87.8 cm³/mol. The summed E-state index contributed by atoms with van der Waals surface area (Å²) in [6.45, 7) is 1.42. The fraction of sp³-hybridized carbons (Fsp3) is 0.250. The molecule has 0 heterocycles. The average Bonchev–Trinajstić information content (AvgIpc) is 2.62. The molecule has 0 atom stereocenters. The van der Waals surface area contributed by atoms with Crippen LogP contribution in [0.5, 0.6) is 0 Å². The zero-order chi connectivity index (χ0) is 17.1. The van der Waals surface area contributed by atoms with Gasteiger partial charge in [-0.3, -0.25) is 0 Å². The van der Waals surface area contributed by atoms with E-state index in [0.717, 1.165) is 12.8 Å². The molecule has 4 N–H and O–H groups in total. The fourth-order valence-electron chi connectivity index (χ4n) is 1.48. The Morgan fingerprint density at radius 2 is 1.09 bits per heavy atom. The number of benzene rings is 2. The van der Waals surface area contributed by atoms with Gasteiger partial charge in [-0.1, -0.05) is 0 Å². The summed E-state index contributed by atoms with van der Waals surface area (Å²) in [5, 5.41) is 0. The summed E-state index contributed by atoms with van der Waals surface area (Å²) in [5.74, 6) is 0. The van der Waals surface area contributed by atoms with E-state index in [1.165, 1.54) is 11.1 Å². The molecule has 0 spiro atoms. The first-order valence-corrected chi connectivity index (χ1v) is 10.4. The minimum atomic E-state index is 0.709. The zero-order valence-corrected chi connectivity index (χ0v) is 16.6. The monoisotopic (exact) mass is 522 g/mol. The average molecular weight is 524 g/mol. The van der Waals surface area contributed by atoms with E-state index in [1.807, 2.05) is 48.5 Å². The van der Waals surface area contributed by atoms with Gasteiger partial charge in [0.05, 0.1) is 0 Å². The van der Waals surface area contributed by atoms with Crippen LogP contribution in [0.3, 0.4) is 0 Å². The molecule has 0 bridgehead atoms. The standard InChI is InChI=1S/2C8H10N.2ClH.2Pd/c2*9-7-6-8-4-2-1-3-5-8;;;;/h2*1-4H,6-7,9H2;2*1H;;/q2*-1;;;2*+2/p-2. The number of nitrogens with two attached hydrogens (primary N) is 2. The first kappa shape index (κ1) is 24.5. The Labute approximate surface area is 163 Å². The second-order valence-corrected chi connectivity index (χ2v) is 3.85. The van der Waals surface area contributed by atoms with Crippen LogP contribution in [-0.2, 0) is 49.2 Å². The predicted octanol–water partition coefficient (Wildman–Crippen LogP) is 3.35. The molecule has 2 nitrogen and oxygen atoms in total. The molecule has 22 heavy (non-hydrogen) atoms. The van der Waals surface area contributed by atoms with Crippen molar-refractivity contribution in [1.29, 1.82) is 0 Å². The van der Waals surface area contributed by atoms with Gasteiger partial charge in [0.1, 0.15) is 0 Å². The molecule has 2 aromatic carbocycles. The van der Waals surface area contributed by atoms with E-state index in [-0.39, 0.29) is 0 Å². The van der Waals surface area contributed by atoms with Crippen LogP contribution in [0.4, 0.5) is 0 Å². The van der Waals surface area contributed by atoms with Crippen LogP contribution in [0.1, 0.15) is 11.1 Å². The maximum atomic E-state index is 5.34. The van der Waals surface area contributed by atoms with Crippen LogP contribution < -0.4 is 11.5 Å². The Kier molecular flexibility index (Phi) is 23.7. The second kappa shape index (κ2) is 21.3. The molecule has 2 rings (SSSR count). The summed E-state index contributed by atoms with van der Waals surface area (Å²) in [6, 6.07) is 22.0. The van der Waals surface area contributed by atoms with E-state index >= 15 is 0 Å². The van der Waals surface area contributed by atoms with Gasteiger partial charge in [0, 0.05) is 0 Å². The van der Waals surface area contributed by atoms with Crippen LogP contribution in [-0.4, -0.2) is 13.1 Å². The summed E-state index contributed by atoms with van der Waals surface area (Å²) >= 11 is 4.44. The Morgan fingerprint density at radius 1 is 0.727 bits per heavy atom. The van der Waals surface area contributed by atoms with E-state index in [4.69, 9.17) is 11.5 Å². The van der Waals surface area contributed by atoms with Crippen molar-refractivity contribution in [3.8, 4) is 0 Å². The number of rotatable bonds is 4. The van der Waals surface area contributed by atoms with Crippen molar-refractivity contribution in [2.45, 2.75) is 12.8 Å². The molecular weight excluding hydrogens is 504 g/mol. The van der Waals surface area contributed by atoms with Crippen molar-refractivity contribution >= 4 is 19.1 Å². The van der Waals surface area contributed by atoms with Gasteiger partial charge in [0.25, 0.3) is 0 Å². The van der Waals surface area contributed by atoms with E-state index < -0.39 is 0 Å².